The van der Waals surface area contributed by atoms with Gasteiger partial charge in [-0.05, 0) is 44.2 Å². The molecule has 3 aromatic rings. The molecule has 0 radical (unpaired) electrons. The minimum Gasteiger partial charge on any atom is -0.480 e. The molecule has 146 valence electrons. The Kier molecular flexibility index (Phi) is 6.25. The number of rotatable bonds is 8. The molecule has 2 heterocycles. The summed E-state index contributed by atoms with van der Waals surface area (Å²) < 4.78 is 18.4. The second kappa shape index (κ2) is 8.66. The second-order valence-corrected chi connectivity index (χ2v) is 9.11. The van der Waals surface area contributed by atoms with Gasteiger partial charge in [0.1, 0.15) is 10.6 Å². The van der Waals surface area contributed by atoms with E-state index >= 15 is 0 Å². The van der Waals surface area contributed by atoms with Crippen LogP contribution in [-0.2, 0) is 11.2 Å². The first-order valence-electron chi connectivity index (χ1n) is 8.43. The lowest BCUT2D eigenvalue weighted by atomic mass is 10.1. The molecule has 0 fully saturated rings. The molecule has 28 heavy (non-hydrogen) atoms. The number of ether oxygens (including phenoxy) is 1. The lowest BCUT2D eigenvalue weighted by Crippen LogP contribution is -2.26. The molecular formula is C19H18FN3O3S2. The first kappa shape index (κ1) is 20.2. The Hall–Kier alpha value is -2.52. The lowest BCUT2D eigenvalue weighted by Gasteiger charge is -2.15. The highest BCUT2D eigenvalue weighted by Crippen LogP contribution is 2.34. The number of thiazole rings is 1. The highest BCUT2D eigenvalue weighted by Gasteiger charge is 2.29. The van der Waals surface area contributed by atoms with Gasteiger partial charge in [0.25, 0.3) is 0 Å². The molecule has 0 atom stereocenters. The van der Waals surface area contributed by atoms with Crippen molar-refractivity contribution in [1.29, 1.82) is 0 Å². The van der Waals surface area contributed by atoms with Crippen LogP contribution in [0.15, 0.2) is 46.1 Å². The smallest absolute Gasteiger partial charge is 0.319 e. The van der Waals surface area contributed by atoms with Crippen LogP contribution in [0.25, 0.3) is 11.3 Å². The Morgan fingerprint density at radius 2 is 1.96 bits per heavy atom. The summed E-state index contributed by atoms with van der Waals surface area (Å²) in [7, 11) is 0. The van der Waals surface area contributed by atoms with Gasteiger partial charge in [-0.3, -0.25) is 4.79 Å². The van der Waals surface area contributed by atoms with Gasteiger partial charge in [-0.1, -0.05) is 11.8 Å². The van der Waals surface area contributed by atoms with Crippen molar-refractivity contribution in [3.05, 3.63) is 53.3 Å². The number of carbonyl (C=O) groups is 1. The van der Waals surface area contributed by atoms with Crippen molar-refractivity contribution < 1.29 is 19.0 Å². The topological polar surface area (TPSA) is 85.2 Å². The number of carboxylic acids is 1. The monoisotopic (exact) mass is 419 g/mol. The molecule has 0 saturated heterocycles. The van der Waals surface area contributed by atoms with E-state index in [0.717, 1.165) is 11.3 Å². The maximum Gasteiger partial charge on any atom is 0.319 e. The summed E-state index contributed by atoms with van der Waals surface area (Å²) in [5.74, 6) is -0.783. The number of thioether (sulfide) groups is 1. The van der Waals surface area contributed by atoms with E-state index in [4.69, 9.17) is 4.74 Å². The van der Waals surface area contributed by atoms with E-state index in [2.05, 4.69) is 15.2 Å². The first-order chi connectivity index (χ1) is 13.3. The summed E-state index contributed by atoms with van der Waals surface area (Å²) in [6.07, 6.45) is 0.575. The molecule has 3 rings (SSSR count). The molecule has 0 bridgehead atoms. The van der Waals surface area contributed by atoms with Crippen LogP contribution in [0.3, 0.4) is 0 Å². The molecule has 0 amide bonds. The van der Waals surface area contributed by atoms with Gasteiger partial charge < -0.3 is 9.84 Å². The number of hydrogen-bond donors (Lipinski definition) is 1. The van der Waals surface area contributed by atoms with Gasteiger partial charge >= 0.3 is 5.97 Å². The average Bonchev–Trinajstić information content (AvgIpc) is 3.09. The van der Waals surface area contributed by atoms with Gasteiger partial charge in [0.05, 0.1) is 18.0 Å². The summed E-state index contributed by atoms with van der Waals surface area (Å²) in [6.45, 7) is 3.68. The number of aliphatic carboxylic acids is 1. The van der Waals surface area contributed by atoms with E-state index in [9.17, 15) is 14.3 Å². The van der Waals surface area contributed by atoms with Crippen molar-refractivity contribution in [3.63, 3.8) is 0 Å². The maximum atomic E-state index is 13.0. The summed E-state index contributed by atoms with van der Waals surface area (Å²) in [5.41, 5.74) is 2.25. The number of benzene rings is 1. The fourth-order valence-corrected chi connectivity index (χ4v) is 4.37. The van der Waals surface area contributed by atoms with Gasteiger partial charge in [-0.2, -0.15) is 0 Å². The summed E-state index contributed by atoms with van der Waals surface area (Å²) in [4.78, 5) is 15.6. The summed E-state index contributed by atoms with van der Waals surface area (Å²) in [5, 5.41) is 19.2. The lowest BCUT2D eigenvalue weighted by molar-refractivity contribution is -0.138. The van der Waals surface area contributed by atoms with Crippen molar-refractivity contribution in [2.24, 2.45) is 0 Å². The van der Waals surface area contributed by atoms with Crippen LogP contribution >= 0.6 is 23.1 Å². The summed E-state index contributed by atoms with van der Waals surface area (Å²) >= 11 is 2.65. The van der Waals surface area contributed by atoms with Crippen molar-refractivity contribution in [3.8, 4) is 17.1 Å². The number of aromatic nitrogens is 3. The predicted molar refractivity (Wildman–Crippen MR) is 106 cm³/mol. The van der Waals surface area contributed by atoms with E-state index in [1.54, 1.807) is 38.1 Å². The molecule has 0 unspecified atom stereocenters. The number of nitrogens with zero attached hydrogens (tertiary/aromatic N) is 3. The standard InChI is InChI=1S/C19H18FN3O3S2/c1-19(2,17(24)25)28-18-21-14(11-27-18)9-10-26-16-8-7-15(22-23-16)12-3-5-13(20)6-4-12/h3-8,11H,9-10H2,1-2H3,(H,24,25). The van der Waals surface area contributed by atoms with Crippen molar-refractivity contribution in [1.82, 2.24) is 15.2 Å². The van der Waals surface area contributed by atoms with E-state index in [-0.39, 0.29) is 5.82 Å². The van der Waals surface area contributed by atoms with Crippen LogP contribution < -0.4 is 4.74 Å². The summed E-state index contributed by atoms with van der Waals surface area (Å²) in [6, 6.07) is 9.51. The van der Waals surface area contributed by atoms with Crippen LogP contribution in [0.4, 0.5) is 4.39 Å². The van der Waals surface area contributed by atoms with Gasteiger partial charge in [0.15, 0.2) is 4.34 Å². The highest BCUT2D eigenvalue weighted by molar-refractivity contribution is 8.02. The van der Waals surface area contributed by atoms with Gasteiger partial charge in [-0.25, -0.2) is 9.37 Å². The molecular weight excluding hydrogens is 401 g/mol. The van der Waals surface area contributed by atoms with Crippen LogP contribution in [0.2, 0.25) is 0 Å². The van der Waals surface area contributed by atoms with Crippen LogP contribution in [0.5, 0.6) is 5.88 Å². The molecule has 1 N–H and O–H groups in total. The molecule has 6 nitrogen and oxygen atoms in total. The fraction of sp³-hybridized carbons (Fsp3) is 0.263. The SMILES string of the molecule is CC(C)(Sc1nc(CCOc2ccc(-c3ccc(F)cc3)nn2)cs1)C(=O)O. The Labute approximate surface area is 169 Å². The van der Waals surface area contributed by atoms with Crippen molar-refractivity contribution in [2.75, 3.05) is 6.61 Å². The van der Waals surface area contributed by atoms with Gasteiger partial charge in [0, 0.05) is 23.4 Å². The Balaban J connectivity index is 1.51. The largest absolute Gasteiger partial charge is 0.480 e. The molecule has 0 saturated carbocycles. The highest BCUT2D eigenvalue weighted by atomic mass is 32.2. The van der Waals surface area contributed by atoms with Crippen molar-refractivity contribution in [2.45, 2.75) is 29.4 Å². The molecule has 0 aliphatic carbocycles. The predicted octanol–water partition coefficient (Wildman–Crippen LogP) is 4.32. The molecule has 9 heteroatoms. The minimum absolute atomic E-state index is 0.299. The zero-order valence-corrected chi connectivity index (χ0v) is 16.9. The molecule has 0 spiro atoms. The quantitative estimate of drug-likeness (QED) is 0.544. The maximum absolute atomic E-state index is 13.0. The zero-order valence-electron chi connectivity index (χ0n) is 15.3. The molecule has 0 aliphatic rings. The van der Waals surface area contributed by atoms with Crippen molar-refractivity contribution >= 4 is 29.1 Å². The van der Waals surface area contributed by atoms with Gasteiger partial charge in [0.2, 0.25) is 5.88 Å². The van der Waals surface area contributed by atoms with E-state index < -0.39 is 10.7 Å². The molecule has 1 aromatic carbocycles. The number of carboxylic acid groups (broad SMARTS) is 1. The second-order valence-electron chi connectivity index (χ2n) is 6.38. The Bertz CT molecular complexity index is 944. The van der Waals surface area contributed by atoms with E-state index in [1.165, 1.54) is 35.2 Å². The average molecular weight is 420 g/mol. The van der Waals surface area contributed by atoms with E-state index in [0.29, 0.717) is 28.9 Å². The third-order valence-electron chi connectivity index (χ3n) is 3.78. The first-order valence-corrected chi connectivity index (χ1v) is 10.1. The third-order valence-corrected chi connectivity index (χ3v) is 5.95. The molecule has 0 aliphatic heterocycles. The third kappa shape index (κ3) is 5.26. The van der Waals surface area contributed by atoms with Crippen LogP contribution in [-0.4, -0.2) is 37.6 Å². The van der Waals surface area contributed by atoms with Crippen LogP contribution in [0.1, 0.15) is 19.5 Å². The Morgan fingerprint density at radius 3 is 2.61 bits per heavy atom. The Morgan fingerprint density at radius 1 is 1.21 bits per heavy atom. The minimum atomic E-state index is -0.923. The molecule has 2 aromatic heterocycles. The number of hydrogen-bond acceptors (Lipinski definition) is 7. The normalized spacial score (nSPS) is 11.4. The van der Waals surface area contributed by atoms with Crippen LogP contribution in [0, 0.1) is 5.82 Å². The van der Waals surface area contributed by atoms with E-state index in [1.807, 2.05) is 5.38 Å². The zero-order chi connectivity index (χ0) is 20.1. The fourth-order valence-electron chi connectivity index (χ4n) is 2.14. The van der Waals surface area contributed by atoms with Gasteiger partial charge in [-0.15, -0.1) is 21.5 Å². The number of halogens is 1.